The summed E-state index contributed by atoms with van der Waals surface area (Å²) in [5, 5.41) is 2.97. The van der Waals surface area contributed by atoms with Crippen LogP contribution in [0.25, 0.3) is 0 Å². The number of amides is 2. The molecule has 0 saturated carbocycles. The number of hydrogen-bond donors (Lipinski definition) is 1. The van der Waals surface area contributed by atoms with Crippen LogP contribution < -0.4 is 14.4 Å². The molecule has 0 bridgehead atoms. The van der Waals surface area contributed by atoms with Gasteiger partial charge >= 0.3 is 0 Å². The number of rotatable bonds is 15. The van der Waals surface area contributed by atoms with Crippen LogP contribution in [0.3, 0.4) is 0 Å². The Morgan fingerprint density at radius 3 is 2.07 bits per heavy atom. The Balaban J connectivity index is 1.79. The van der Waals surface area contributed by atoms with E-state index in [4.69, 9.17) is 4.74 Å². The minimum Gasteiger partial charge on any atom is -0.494 e. The lowest BCUT2D eigenvalue weighted by Crippen LogP contribution is -2.53. The SMILES string of the molecule is CCCNC(=O)[C@H](Cc1ccccc1)N(Cc1ccccc1C)C(=O)CN(c1ccc(OCC)cc1)S(=O)(=O)c1ccccc1. The average Bonchev–Trinajstić information content (AvgIpc) is 3.06. The minimum atomic E-state index is -4.16. The predicted octanol–water partition coefficient (Wildman–Crippen LogP) is 5.76. The molecule has 1 N–H and O–H groups in total. The lowest BCUT2D eigenvalue weighted by molar-refractivity contribution is -0.140. The van der Waals surface area contributed by atoms with Crippen LogP contribution >= 0.6 is 0 Å². The van der Waals surface area contributed by atoms with E-state index in [0.29, 0.717) is 24.6 Å². The number of hydrogen-bond acceptors (Lipinski definition) is 5. The molecule has 0 spiro atoms. The van der Waals surface area contributed by atoms with E-state index in [0.717, 1.165) is 27.4 Å². The van der Waals surface area contributed by atoms with E-state index in [1.165, 1.54) is 17.0 Å². The van der Waals surface area contributed by atoms with Crippen molar-refractivity contribution >= 4 is 27.5 Å². The van der Waals surface area contributed by atoms with E-state index in [2.05, 4.69) is 5.32 Å². The van der Waals surface area contributed by atoms with Crippen molar-refractivity contribution in [3.63, 3.8) is 0 Å². The summed E-state index contributed by atoms with van der Waals surface area (Å²) in [5.41, 5.74) is 3.02. The summed E-state index contributed by atoms with van der Waals surface area (Å²) in [4.78, 5) is 29.8. The van der Waals surface area contributed by atoms with Crippen LogP contribution in [0.15, 0.2) is 114 Å². The van der Waals surface area contributed by atoms with Gasteiger partial charge in [-0.1, -0.05) is 79.7 Å². The molecule has 0 aliphatic carbocycles. The Morgan fingerprint density at radius 1 is 0.822 bits per heavy atom. The van der Waals surface area contributed by atoms with E-state index in [1.54, 1.807) is 42.5 Å². The topological polar surface area (TPSA) is 96.0 Å². The molecule has 0 radical (unpaired) electrons. The highest BCUT2D eigenvalue weighted by Gasteiger charge is 2.34. The largest absolute Gasteiger partial charge is 0.494 e. The third kappa shape index (κ3) is 8.73. The molecule has 0 heterocycles. The normalized spacial score (nSPS) is 11.8. The van der Waals surface area contributed by atoms with E-state index in [9.17, 15) is 18.0 Å². The Morgan fingerprint density at radius 2 is 1.44 bits per heavy atom. The number of nitrogens with zero attached hydrogens (tertiary/aromatic N) is 2. The lowest BCUT2D eigenvalue weighted by atomic mass is 10.0. The first-order valence-electron chi connectivity index (χ1n) is 15.2. The fraction of sp³-hybridized carbons (Fsp3) is 0.278. The molecule has 8 nitrogen and oxygen atoms in total. The second kappa shape index (κ2) is 15.9. The highest BCUT2D eigenvalue weighted by Crippen LogP contribution is 2.27. The molecule has 0 aromatic heterocycles. The van der Waals surface area contributed by atoms with Crippen molar-refractivity contribution in [3.8, 4) is 5.75 Å². The van der Waals surface area contributed by atoms with E-state index in [-0.39, 0.29) is 23.8 Å². The Hall–Kier alpha value is -4.63. The Kier molecular flexibility index (Phi) is 11.8. The molecular formula is C36H41N3O5S. The summed E-state index contributed by atoms with van der Waals surface area (Å²) in [7, 11) is -4.16. The smallest absolute Gasteiger partial charge is 0.264 e. The van der Waals surface area contributed by atoms with Crippen LogP contribution in [0.4, 0.5) is 5.69 Å². The molecule has 0 saturated heterocycles. The molecule has 4 rings (SSSR count). The third-order valence-corrected chi connectivity index (χ3v) is 9.26. The van der Waals surface area contributed by atoms with Crippen molar-refractivity contribution in [3.05, 3.63) is 126 Å². The maximum Gasteiger partial charge on any atom is 0.264 e. The van der Waals surface area contributed by atoms with Crippen molar-refractivity contribution in [2.75, 3.05) is 24.0 Å². The van der Waals surface area contributed by atoms with Gasteiger partial charge in [0, 0.05) is 19.5 Å². The third-order valence-electron chi connectivity index (χ3n) is 7.47. The zero-order valence-electron chi connectivity index (χ0n) is 26.1. The van der Waals surface area contributed by atoms with Crippen LogP contribution in [0.1, 0.15) is 37.0 Å². The number of aryl methyl sites for hydroxylation is 1. The van der Waals surface area contributed by atoms with Crippen LogP contribution in [0.5, 0.6) is 5.75 Å². The van der Waals surface area contributed by atoms with Gasteiger partial charge < -0.3 is 15.0 Å². The number of sulfonamides is 1. The lowest BCUT2D eigenvalue weighted by Gasteiger charge is -2.34. The quantitative estimate of drug-likeness (QED) is 0.181. The van der Waals surface area contributed by atoms with Gasteiger partial charge in [-0.2, -0.15) is 0 Å². The van der Waals surface area contributed by atoms with Crippen molar-refractivity contribution in [1.29, 1.82) is 0 Å². The predicted molar refractivity (Wildman–Crippen MR) is 178 cm³/mol. The number of carbonyl (C=O) groups excluding carboxylic acids is 2. The number of ether oxygens (including phenoxy) is 1. The maximum atomic E-state index is 14.5. The van der Waals surface area contributed by atoms with E-state index >= 15 is 0 Å². The number of nitrogens with one attached hydrogen (secondary N) is 1. The van der Waals surface area contributed by atoms with Crippen LogP contribution in [-0.4, -0.2) is 50.9 Å². The molecule has 4 aromatic rings. The summed E-state index contributed by atoms with van der Waals surface area (Å²) < 4.78 is 34.9. The molecule has 4 aromatic carbocycles. The van der Waals surface area contributed by atoms with Crippen molar-refractivity contribution in [2.45, 2.75) is 51.1 Å². The minimum absolute atomic E-state index is 0.0543. The van der Waals surface area contributed by atoms with Gasteiger partial charge in [0.05, 0.1) is 17.2 Å². The molecule has 0 fully saturated rings. The summed E-state index contributed by atoms with van der Waals surface area (Å²) in [6, 6.07) is 31.0. The number of anilines is 1. The number of carbonyl (C=O) groups is 2. The van der Waals surface area contributed by atoms with Crippen molar-refractivity contribution in [1.82, 2.24) is 10.2 Å². The van der Waals surface area contributed by atoms with Gasteiger partial charge in [0.15, 0.2) is 0 Å². The highest BCUT2D eigenvalue weighted by molar-refractivity contribution is 7.92. The van der Waals surface area contributed by atoms with Crippen LogP contribution in [0, 0.1) is 6.92 Å². The molecule has 0 unspecified atom stereocenters. The van der Waals surface area contributed by atoms with E-state index in [1.807, 2.05) is 75.4 Å². The van der Waals surface area contributed by atoms with E-state index < -0.39 is 28.5 Å². The monoisotopic (exact) mass is 627 g/mol. The van der Waals surface area contributed by atoms with Crippen molar-refractivity contribution in [2.24, 2.45) is 0 Å². The second-order valence-electron chi connectivity index (χ2n) is 10.7. The Bertz CT molecular complexity index is 1650. The summed E-state index contributed by atoms with van der Waals surface area (Å²) in [5.74, 6) is -0.207. The van der Waals surface area contributed by atoms with Gasteiger partial charge in [0.25, 0.3) is 10.0 Å². The molecule has 2 amide bonds. The van der Waals surface area contributed by atoms with Crippen LogP contribution in [-0.2, 0) is 32.6 Å². The molecule has 0 aliphatic rings. The van der Waals surface area contributed by atoms with Crippen molar-refractivity contribution < 1.29 is 22.7 Å². The first kappa shape index (κ1) is 33.3. The zero-order chi connectivity index (χ0) is 32.2. The first-order chi connectivity index (χ1) is 21.7. The molecular weight excluding hydrogens is 586 g/mol. The molecule has 236 valence electrons. The van der Waals surface area contributed by atoms with Gasteiger partial charge in [-0.3, -0.25) is 13.9 Å². The first-order valence-corrected chi connectivity index (χ1v) is 16.6. The second-order valence-corrected chi connectivity index (χ2v) is 12.6. The molecule has 45 heavy (non-hydrogen) atoms. The van der Waals surface area contributed by atoms with Crippen LogP contribution in [0.2, 0.25) is 0 Å². The van der Waals surface area contributed by atoms with Gasteiger partial charge in [0.2, 0.25) is 11.8 Å². The summed E-state index contributed by atoms with van der Waals surface area (Å²) in [6.07, 6.45) is 0.999. The molecule has 9 heteroatoms. The highest BCUT2D eigenvalue weighted by atomic mass is 32.2. The van der Waals surface area contributed by atoms with Gasteiger partial charge in [-0.15, -0.1) is 0 Å². The fourth-order valence-electron chi connectivity index (χ4n) is 5.01. The van der Waals surface area contributed by atoms with Gasteiger partial charge in [-0.05, 0) is 73.4 Å². The molecule has 1 atom stereocenters. The van der Waals surface area contributed by atoms with Gasteiger partial charge in [0.1, 0.15) is 18.3 Å². The van der Waals surface area contributed by atoms with Gasteiger partial charge in [-0.25, -0.2) is 8.42 Å². The fourth-order valence-corrected chi connectivity index (χ4v) is 6.45. The maximum absolute atomic E-state index is 14.5. The summed E-state index contributed by atoms with van der Waals surface area (Å²) >= 11 is 0. The number of benzene rings is 4. The Labute approximate surface area is 266 Å². The summed E-state index contributed by atoms with van der Waals surface area (Å²) in [6.45, 7) is 6.32. The molecule has 0 aliphatic heterocycles. The zero-order valence-corrected chi connectivity index (χ0v) is 26.9. The average molecular weight is 628 g/mol. The standard InChI is InChI=1S/C36H41N3O5S/c1-4-24-37-36(41)34(25-29-15-8-6-9-16-29)38(26-30-17-13-12-14-28(30)3)35(40)27-39(31-20-22-32(23-21-31)44-5-2)45(42,43)33-18-10-7-11-19-33/h6-23,34H,4-5,24-27H2,1-3H3,(H,37,41)/t34-/m0/s1.